The third-order valence-corrected chi connectivity index (χ3v) is 2.80. The molecule has 1 aromatic rings. The van der Waals surface area contributed by atoms with E-state index in [1.807, 2.05) is 0 Å². The van der Waals surface area contributed by atoms with E-state index in [1.165, 1.54) is 0 Å². The van der Waals surface area contributed by atoms with Gasteiger partial charge in [0.1, 0.15) is 12.4 Å². The summed E-state index contributed by atoms with van der Waals surface area (Å²) in [7, 11) is -0.995. The molecule has 1 rings (SSSR count). The van der Waals surface area contributed by atoms with E-state index in [4.69, 9.17) is 15.6 Å². The number of rotatable bonds is 6. The first kappa shape index (κ1) is 14.3. The number of nitrogens with two attached hydrogens (primary N) is 1. The zero-order chi connectivity index (χ0) is 13.5. The lowest BCUT2D eigenvalue weighted by atomic mass is 10.2. The van der Waals surface area contributed by atoms with Crippen molar-refractivity contribution in [1.29, 1.82) is 0 Å². The van der Waals surface area contributed by atoms with Gasteiger partial charge in [0.05, 0.1) is 12.3 Å². The molecule has 6 nitrogen and oxygen atoms in total. The van der Waals surface area contributed by atoms with E-state index in [0.717, 1.165) is 5.56 Å². The Morgan fingerprint density at radius 1 is 1.56 bits per heavy atom. The van der Waals surface area contributed by atoms with Crippen LogP contribution in [0.25, 0.3) is 0 Å². The van der Waals surface area contributed by atoms with Gasteiger partial charge < -0.3 is 20.9 Å². The molecule has 0 spiro atoms. The molecule has 18 heavy (non-hydrogen) atoms. The summed E-state index contributed by atoms with van der Waals surface area (Å²) in [6, 6.07) is 5.09. The second kappa shape index (κ2) is 6.85. The summed E-state index contributed by atoms with van der Waals surface area (Å²) in [4.78, 5) is 10.2. The minimum Gasteiger partial charge on any atom is -0.491 e. The van der Waals surface area contributed by atoms with Crippen LogP contribution in [0.15, 0.2) is 18.2 Å². The van der Waals surface area contributed by atoms with E-state index < -0.39 is 16.9 Å². The Morgan fingerprint density at radius 2 is 2.28 bits per heavy atom. The van der Waals surface area contributed by atoms with Crippen LogP contribution >= 0.6 is 0 Å². The summed E-state index contributed by atoms with van der Waals surface area (Å²) < 4.78 is 16.6. The molecular weight excluding hydrogens is 256 g/mol. The van der Waals surface area contributed by atoms with Crippen molar-refractivity contribution in [3.05, 3.63) is 23.8 Å². The molecule has 0 aliphatic heterocycles. The molecule has 0 saturated heterocycles. The molecule has 0 saturated carbocycles. The van der Waals surface area contributed by atoms with Gasteiger partial charge in [0.25, 0.3) is 0 Å². The fourth-order valence-electron chi connectivity index (χ4n) is 1.39. The Labute approximate surface area is 108 Å². The number of nitrogens with one attached hydrogen (secondary N) is 1. The molecule has 1 aromatic carbocycles. The highest BCUT2D eigenvalue weighted by Crippen LogP contribution is 2.22. The van der Waals surface area contributed by atoms with E-state index in [0.29, 0.717) is 17.2 Å². The van der Waals surface area contributed by atoms with Crippen LogP contribution in [0, 0.1) is 0 Å². The average molecular weight is 272 g/mol. The molecule has 1 amide bonds. The van der Waals surface area contributed by atoms with Gasteiger partial charge in [0, 0.05) is 28.3 Å². The van der Waals surface area contributed by atoms with Crippen LogP contribution in [0.2, 0.25) is 0 Å². The van der Waals surface area contributed by atoms with Crippen molar-refractivity contribution in [2.45, 2.75) is 5.75 Å². The van der Waals surface area contributed by atoms with Gasteiger partial charge in [-0.2, -0.15) is 0 Å². The molecule has 100 valence electrons. The predicted octanol–water partition coefficient (Wildman–Crippen LogP) is 0.794. The first-order chi connectivity index (χ1) is 8.49. The Kier molecular flexibility index (Phi) is 5.44. The van der Waals surface area contributed by atoms with Crippen molar-refractivity contribution < 1.29 is 18.8 Å². The zero-order valence-electron chi connectivity index (χ0n) is 10.0. The van der Waals surface area contributed by atoms with Crippen molar-refractivity contribution in [2.24, 2.45) is 0 Å². The third-order valence-electron chi connectivity index (χ3n) is 2.08. The summed E-state index contributed by atoms with van der Waals surface area (Å²) in [6.45, 7) is 0.397. The zero-order valence-corrected chi connectivity index (χ0v) is 10.8. The predicted molar refractivity (Wildman–Crippen MR) is 70.1 cm³/mol. The van der Waals surface area contributed by atoms with Gasteiger partial charge >= 0.3 is 6.09 Å². The number of carbonyl (C=O) groups is 1. The molecule has 4 N–H and O–H groups in total. The van der Waals surface area contributed by atoms with Crippen LogP contribution in [0.5, 0.6) is 5.75 Å². The topological polar surface area (TPSA) is 102 Å². The largest absolute Gasteiger partial charge is 0.491 e. The first-order valence-corrected chi connectivity index (χ1v) is 7.00. The van der Waals surface area contributed by atoms with Crippen molar-refractivity contribution in [2.75, 3.05) is 25.1 Å². The van der Waals surface area contributed by atoms with E-state index in [9.17, 15) is 9.00 Å². The molecule has 0 aliphatic rings. The number of amides is 1. The number of hydrogen-bond acceptors (Lipinski definition) is 4. The summed E-state index contributed by atoms with van der Waals surface area (Å²) in [5, 5.41) is 10.6. The van der Waals surface area contributed by atoms with Crippen LogP contribution in [0.3, 0.4) is 0 Å². The fraction of sp³-hybridized carbons (Fsp3) is 0.364. The van der Waals surface area contributed by atoms with Crippen LogP contribution < -0.4 is 15.8 Å². The van der Waals surface area contributed by atoms with Crippen LogP contribution in [0.4, 0.5) is 10.5 Å². The van der Waals surface area contributed by atoms with Crippen molar-refractivity contribution in [1.82, 2.24) is 5.32 Å². The molecule has 1 unspecified atom stereocenters. The fourth-order valence-corrected chi connectivity index (χ4v) is 2.05. The smallest absolute Gasteiger partial charge is 0.404 e. The van der Waals surface area contributed by atoms with Gasteiger partial charge in [-0.25, -0.2) is 4.79 Å². The summed E-state index contributed by atoms with van der Waals surface area (Å²) in [6.07, 6.45) is 0.504. The molecule has 0 aliphatic carbocycles. The summed E-state index contributed by atoms with van der Waals surface area (Å²) in [5.41, 5.74) is 6.98. The van der Waals surface area contributed by atoms with Crippen molar-refractivity contribution >= 4 is 22.6 Å². The van der Waals surface area contributed by atoms with Crippen molar-refractivity contribution in [3.63, 3.8) is 0 Å². The Morgan fingerprint density at radius 3 is 2.89 bits per heavy atom. The number of nitrogen functional groups attached to an aromatic ring is 1. The number of anilines is 1. The highest BCUT2D eigenvalue weighted by atomic mass is 32.2. The van der Waals surface area contributed by atoms with Crippen LogP contribution in [-0.2, 0) is 16.6 Å². The lowest BCUT2D eigenvalue weighted by Gasteiger charge is -2.11. The maximum Gasteiger partial charge on any atom is 0.404 e. The lowest BCUT2D eigenvalue weighted by molar-refractivity contribution is 0.191. The van der Waals surface area contributed by atoms with E-state index in [2.05, 4.69) is 5.32 Å². The number of hydrogen-bond donors (Lipinski definition) is 3. The van der Waals surface area contributed by atoms with Gasteiger partial charge in [-0.15, -0.1) is 0 Å². The minimum atomic E-state index is -1.09. The third kappa shape index (κ3) is 5.05. The molecule has 1 atom stereocenters. The van der Waals surface area contributed by atoms with E-state index in [1.54, 1.807) is 24.5 Å². The van der Waals surface area contributed by atoms with Crippen LogP contribution in [0.1, 0.15) is 5.56 Å². The second-order valence-corrected chi connectivity index (χ2v) is 5.10. The highest BCUT2D eigenvalue weighted by Gasteiger charge is 2.06. The Bertz CT molecular complexity index is 451. The number of benzene rings is 1. The molecule has 0 heterocycles. The normalized spacial score (nSPS) is 11.8. The molecule has 0 aromatic heterocycles. The maximum absolute atomic E-state index is 11.2. The molecule has 0 fully saturated rings. The Hall–Kier alpha value is -1.76. The Balaban J connectivity index is 2.63. The SMILES string of the molecule is CS(=O)Cc1cc(N)ccc1OCCNC(=O)O. The van der Waals surface area contributed by atoms with E-state index in [-0.39, 0.29) is 13.2 Å². The van der Waals surface area contributed by atoms with Gasteiger partial charge in [-0.05, 0) is 18.2 Å². The van der Waals surface area contributed by atoms with Gasteiger partial charge in [0.2, 0.25) is 0 Å². The van der Waals surface area contributed by atoms with Crippen molar-refractivity contribution in [3.8, 4) is 5.75 Å². The number of carboxylic acid groups (broad SMARTS) is 1. The molecule has 0 radical (unpaired) electrons. The monoisotopic (exact) mass is 272 g/mol. The lowest BCUT2D eigenvalue weighted by Crippen LogP contribution is -2.26. The highest BCUT2D eigenvalue weighted by molar-refractivity contribution is 7.83. The van der Waals surface area contributed by atoms with Gasteiger partial charge in [0.15, 0.2) is 0 Å². The van der Waals surface area contributed by atoms with Crippen LogP contribution in [-0.4, -0.2) is 34.8 Å². The first-order valence-electron chi connectivity index (χ1n) is 5.27. The van der Waals surface area contributed by atoms with E-state index >= 15 is 0 Å². The quantitative estimate of drug-likeness (QED) is 0.525. The van der Waals surface area contributed by atoms with Gasteiger partial charge in [-0.3, -0.25) is 4.21 Å². The molecule has 7 heteroatoms. The standard InChI is InChI=1S/C11H16N2O4S/c1-18(16)7-8-6-9(12)2-3-10(8)17-5-4-13-11(14)15/h2-3,6,13H,4-5,7,12H2,1H3,(H,14,15). The van der Waals surface area contributed by atoms with Gasteiger partial charge in [-0.1, -0.05) is 0 Å². The number of ether oxygens (including phenoxy) is 1. The maximum atomic E-state index is 11.2. The molecular formula is C11H16N2O4S. The second-order valence-electron chi connectivity index (χ2n) is 3.67. The summed E-state index contributed by atoms with van der Waals surface area (Å²) >= 11 is 0. The summed E-state index contributed by atoms with van der Waals surface area (Å²) in [5.74, 6) is 0.929. The minimum absolute atomic E-state index is 0.189. The average Bonchev–Trinajstić information content (AvgIpc) is 2.25. The molecule has 0 bridgehead atoms.